The van der Waals surface area contributed by atoms with Crippen LogP contribution in [0.2, 0.25) is 10.0 Å². The standard InChI is InChI=1S/C20H21Cl2N3O5/c1-23-11-16(20(28)29-2)25-19(27)18-14(21)8-12(9-15(18)22)10-24-17(26)6-5-13-4-3-7-30-13/h3-9,16,23H,10-11H2,1-2H3,(H,24,26)(H,25,27)/b6-5+. The molecular formula is C20H21Cl2N3O5. The summed E-state index contributed by atoms with van der Waals surface area (Å²) in [4.78, 5) is 36.3. The summed E-state index contributed by atoms with van der Waals surface area (Å²) in [6.07, 6.45) is 4.37. The average Bonchev–Trinajstić information content (AvgIpc) is 3.23. The summed E-state index contributed by atoms with van der Waals surface area (Å²) in [6.45, 7) is 0.316. The van der Waals surface area contributed by atoms with Gasteiger partial charge >= 0.3 is 5.97 Å². The molecule has 2 amide bonds. The molecule has 3 N–H and O–H groups in total. The summed E-state index contributed by atoms with van der Waals surface area (Å²) < 4.78 is 9.77. The molecule has 0 saturated carbocycles. The zero-order chi connectivity index (χ0) is 22.1. The van der Waals surface area contributed by atoms with Crippen molar-refractivity contribution in [1.29, 1.82) is 0 Å². The fourth-order valence-corrected chi connectivity index (χ4v) is 3.21. The second-order valence-electron chi connectivity index (χ2n) is 6.11. The van der Waals surface area contributed by atoms with Crippen LogP contribution in [0.4, 0.5) is 0 Å². The number of likely N-dealkylation sites (N-methyl/N-ethyl adjacent to an activating group) is 1. The van der Waals surface area contributed by atoms with E-state index in [9.17, 15) is 14.4 Å². The van der Waals surface area contributed by atoms with E-state index in [1.807, 2.05) is 0 Å². The van der Waals surface area contributed by atoms with Gasteiger partial charge in [0.05, 0.1) is 29.0 Å². The van der Waals surface area contributed by atoms with Crippen LogP contribution in [0, 0.1) is 0 Å². The van der Waals surface area contributed by atoms with E-state index in [0.29, 0.717) is 11.3 Å². The molecule has 30 heavy (non-hydrogen) atoms. The Balaban J connectivity index is 2.04. The maximum absolute atomic E-state index is 12.6. The van der Waals surface area contributed by atoms with Crippen LogP contribution in [-0.4, -0.2) is 44.5 Å². The van der Waals surface area contributed by atoms with Gasteiger partial charge in [0, 0.05) is 19.2 Å². The molecule has 160 valence electrons. The van der Waals surface area contributed by atoms with E-state index in [1.54, 1.807) is 19.2 Å². The Hall–Kier alpha value is -2.81. The number of ether oxygens (including phenoxy) is 1. The lowest BCUT2D eigenvalue weighted by molar-refractivity contribution is -0.142. The van der Waals surface area contributed by atoms with Crippen LogP contribution >= 0.6 is 23.2 Å². The Morgan fingerprint density at radius 2 is 1.93 bits per heavy atom. The van der Waals surface area contributed by atoms with Crippen LogP contribution in [0.3, 0.4) is 0 Å². The third-order valence-electron chi connectivity index (χ3n) is 3.94. The highest BCUT2D eigenvalue weighted by atomic mass is 35.5. The molecule has 0 spiro atoms. The van der Waals surface area contributed by atoms with Crippen molar-refractivity contribution in [2.75, 3.05) is 20.7 Å². The molecule has 0 saturated heterocycles. The number of carbonyl (C=O) groups excluding carboxylic acids is 3. The van der Waals surface area contributed by atoms with Crippen molar-refractivity contribution < 1.29 is 23.5 Å². The number of hydrogen-bond donors (Lipinski definition) is 3. The fourth-order valence-electron chi connectivity index (χ4n) is 2.51. The summed E-state index contributed by atoms with van der Waals surface area (Å²) >= 11 is 12.5. The summed E-state index contributed by atoms with van der Waals surface area (Å²) in [5, 5.41) is 8.18. The number of furan rings is 1. The molecule has 0 fully saturated rings. The minimum atomic E-state index is -0.903. The van der Waals surface area contributed by atoms with Crippen molar-refractivity contribution in [2.45, 2.75) is 12.6 Å². The van der Waals surface area contributed by atoms with E-state index < -0.39 is 17.9 Å². The zero-order valence-electron chi connectivity index (χ0n) is 16.3. The molecule has 2 rings (SSSR count). The summed E-state index contributed by atoms with van der Waals surface area (Å²) in [7, 11) is 2.86. The molecule has 0 aliphatic rings. The number of benzene rings is 1. The van der Waals surface area contributed by atoms with E-state index >= 15 is 0 Å². The number of methoxy groups -OCH3 is 1. The number of halogens is 2. The molecule has 0 aliphatic carbocycles. The van der Waals surface area contributed by atoms with E-state index in [4.69, 9.17) is 27.6 Å². The number of nitrogens with one attached hydrogen (secondary N) is 3. The lowest BCUT2D eigenvalue weighted by Gasteiger charge is -2.17. The minimum Gasteiger partial charge on any atom is -0.467 e. The highest BCUT2D eigenvalue weighted by Gasteiger charge is 2.24. The molecule has 0 radical (unpaired) electrons. The van der Waals surface area contributed by atoms with Crippen LogP contribution in [0.5, 0.6) is 0 Å². The Bertz CT molecular complexity index is 906. The first-order valence-corrected chi connectivity index (χ1v) is 9.62. The van der Waals surface area contributed by atoms with Crippen molar-refractivity contribution in [3.8, 4) is 0 Å². The van der Waals surface area contributed by atoms with Crippen molar-refractivity contribution in [1.82, 2.24) is 16.0 Å². The highest BCUT2D eigenvalue weighted by molar-refractivity contribution is 6.39. The predicted octanol–water partition coefficient (Wildman–Crippen LogP) is 2.41. The highest BCUT2D eigenvalue weighted by Crippen LogP contribution is 2.27. The van der Waals surface area contributed by atoms with Crippen LogP contribution in [0.1, 0.15) is 21.7 Å². The predicted molar refractivity (Wildman–Crippen MR) is 113 cm³/mol. The van der Waals surface area contributed by atoms with E-state index in [-0.39, 0.29) is 34.6 Å². The number of amides is 2. The SMILES string of the molecule is CNCC(NC(=O)c1c(Cl)cc(CNC(=O)/C=C/c2ccco2)cc1Cl)C(=O)OC. The molecule has 10 heteroatoms. The lowest BCUT2D eigenvalue weighted by atomic mass is 10.1. The van der Waals surface area contributed by atoms with Gasteiger partial charge in [-0.3, -0.25) is 9.59 Å². The van der Waals surface area contributed by atoms with Gasteiger partial charge in [-0.1, -0.05) is 23.2 Å². The fraction of sp³-hybridized carbons (Fsp3) is 0.250. The molecule has 1 aromatic heterocycles. The molecule has 1 aromatic carbocycles. The largest absolute Gasteiger partial charge is 0.467 e. The number of rotatable bonds is 9. The van der Waals surface area contributed by atoms with Gasteiger partial charge in [-0.2, -0.15) is 0 Å². The van der Waals surface area contributed by atoms with E-state index in [0.717, 1.165) is 0 Å². The van der Waals surface area contributed by atoms with Crippen molar-refractivity contribution in [3.63, 3.8) is 0 Å². The van der Waals surface area contributed by atoms with Crippen molar-refractivity contribution in [2.24, 2.45) is 0 Å². The summed E-state index contributed by atoms with van der Waals surface area (Å²) in [5.41, 5.74) is 0.622. The molecule has 2 aromatic rings. The maximum atomic E-state index is 12.6. The third-order valence-corrected chi connectivity index (χ3v) is 4.53. The first kappa shape index (κ1) is 23.5. The van der Waals surface area contributed by atoms with Gasteiger partial charge in [-0.15, -0.1) is 0 Å². The summed E-state index contributed by atoms with van der Waals surface area (Å²) in [5.74, 6) is -1.01. The Labute approximate surface area is 183 Å². The third kappa shape index (κ3) is 6.62. The lowest BCUT2D eigenvalue weighted by Crippen LogP contribution is -2.47. The van der Waals surface area contributed by atoms with Gasteiger partial charge in [0.15, 0.2) is 0 Å². The minimum absolute atomic E-state index is 0.0242. The van der Waals surface area contributed by atoms with Gasteiger partial charge in [0.1, 0.15) is 11.8 Å². The molecule has 1 heterocycles. The first-order valence-electron chi connectivity index (χ1n) is 8.86. The van der Waals surface area contributed by atoms with Gasteiger partial charge in [-0.05, 0) is 43.0 Å². The molecule has 8 nitrogen and oxygen atoms in total. The normalized spacial score (nSPS) is 11.9. The van der Waals surface area contributed by atoms with Crippen molar-refractivity contribution in [3.05, 3.63) is 63.5 Å². The first-order chi connectivity index (χ1) is 14.3. The zero-order valence-corrected chi connectivity index (χ0v) is 17.8. The van der Waals surface area contributed by atoms with Crippen LogP contribution in [0.15, 0.2) is 41.0 Å². The van der Waals surface area contributed by atoms with Gasteiger partial charge in [0.25, 0.3) is 5.91 Å². The van der Waals surface area contributed by atoms with E-state index in [2.05, 4.69) is 20.7 Å². The Morgan fingerprint density at radius 1 is 1.23 bits per heavy atom. The quantitative estimate of drug-likeness (QED) is 0.397. The molecule has 1 atom stereocenters. The Morgan fingerprint density at radius 3 is 2.50 bits per heavy atom. The van der Waals surface area contributed by atoms with Gasteiger partial charge in [0.2, 0.25) is 5.91 Å². The number of hydrogen-bond acceptors (Lipinski definition) is 6. The summed E-state index contributed by atoms with van der Waals surface area (Å²) in [6, 6.07) is 5.56. The second kappa shape index (κ2) is 11.4. The molecular weight excluding hydrogens is 433 g/mol. The Kier molecular flexibility index (Phi) is 8.91. The molecule has 1 unspecified atom stereocenters. The van der Waals surface area contributed by atoms with Crippen LogP contribution in [-0.2, 0) is 20.9 Å². The number of esters is 1. The van der Waals surface area contributed by atoms with Gasteiger partial charge in [-0.25, -0.2) is 4.79 Å². The topological polar surface area (TPSA) is 110 Å². The smallest absolute Gasteiger partial charge is 0.329 e. The molecule has 0 bridgehead atoms. The van der Waals surface area contributed by atoms with Crippen molar-refractivity contribution >= 4 is 47.1 Å². The second-order valence-corrected chi connectivity index (χ2v) is 6.92. The van der Waals surface area contributed by atoms with E-state index in [1.165, 1.54) is 37.7 Å². The molecule has 0 aliphatic heterocycles. The number of carbonyl (C=O) groups is 3. The van der Waals surface area contributed by atoms with Crippen LogP contribution in [0.25, 0.3) is 6.08 Å². The monoisotopic (exact) mass is 453 g/mol. The average molecular weight is 454 g/mol. The van der Waals surface area contributed by atoms with Gasteiger partial charge < -0.3 is 25.1 Å². The maximum Gasteiger partial charge on any atom is 0.329 e. The van der Waals surface area contributed by atoms with Crippen LogP contribution < -0.4 is 16.0 Å².